The van der Waals surface area contributed by atoms with Crippen molar-refractivity contribution in [2.24, 2.45) is 5.10 Å². The molecule has 1 heterocycles. The summed E-state index contributed by atoms with van der Waals surface area (Å²) in [7, 11) is 4.79. The fraction of sp³-hybridized carbons (Fsp3) is 0.182. The molecule has 7 nitrogen and oxygen atoms in total. The molecule has 8 heteroatoms. The van der Waals surface area contributed by atoms with Crippen LogP contribution >= 0.6 is 11.3 Å². The second kappa shape index (κ2) is 9.80. The highest BCUT2D eigenvalue weighted by molar-refractivity contribution is 7.14. The Kier molecular flexibility index (Phi) is 6.92. The lowest BCUT2D eigenvalue weighted by molar-refractivity contribution is 0.355. The van der Waals surface area contributed by atoms with Crippen LogP contribution in [0.3, 0.4) is 0 Å². The van der Waals surface area contributed by atoms with Crippen LogP contribution in [0.15, 0.2) is 53.0 Å². The predicted octanol–water partition coefficient (Wildman–Crippen LogP) is 5.04. The minimum Gasteiger partial charge on any atom is -0.507 e. The van der Waals surface area contributed by atoms with Gasteiger partial charge in [-0.25, -0.2) is 4.98 Å². The first kappa shape index (κ1) is 21.2. The Morgan fingerprint density at radius 3 is 2.60 bits per heavy atom. The molecule has 0 spiro atoms. The van der Waals surface area contributed by atoms with Crippen LogP contribution in [-0.4, -0.2) is 37.1 Å². The first-order chi connectivity index (χ1) is 14.5. The number of hydrogen-bond donors (Lipinski definition) is 2. The third-order valence-electron chi connectivity index (χ3n) is 4.24. The standard InChI is InChI=1S/C22H23N3O4S/c1-14(5-6-15-7-10-20(28-3)21(11-15)29-4)24-25-22-23-18(13-30-22)17-12-16(27-2)8-9-19(17)26/h5-13,26H,1-4H3,(H,23,25)/b6-5+,24-14+. The summed E-state index contributed by atoms with van der Waals surface area (Å²) < 4.78 is 15.8. The zero-order valence-corrected chi connectivity index (χ0v) is 18.0. The zero-order valence-electron chi connectivity index (χ0n) is 17.2. The lowest BCUT2D eigenvalue weighted by atomic mass is 10.1. The molecule has 2 aromatic carbocycles. The van der Waals surface area contributed by atoms with Gasteiger partial charge in [0.25, 0.3) is 0 Å². The summed E-state index contributed by atoms with van der Waals surface area (Å²) in [6.45, 7) is 1.88. The molecule has 0 amide bonds. The summed E-state index contributed by atoms with van der Waals surface area (Å²) >= 11 is 1.40. The zero-order chi connectivity index (χ0) is 21.5. The van der Waals surface area contributed by atoms with Crippen LogP contribution in [0.5, 0.6) is 23.0 Å². The summed E-state index contributed by atoms with van der Waals surface area (Å²) in [6, 6.07) is 10.7. The molecule has 0 aliphatic heterocycles. The third kappa shape index (κ3) is 5.09. The van der Waals surface area contributed by atoms with Gasteiger partial charge in [0.2, 0.25) is 5.13 Å². The average Bonchev–Trinajstić information content (AvgIpc) is 3.25. The molecule has 1 aromatic heterocycles. The van der Waals surface area contributed by atoms with Crippen LogP contribution < -0.4 is 19.6 Å². The van der Waals surface area contributed by atoms with Crippen molar-refractivity contribution < 1.29 is 19.3 Å². The quantitative estimate of drug-likeness (QED) is 0.388. The Morgan fingerprint density at radius 1 is 1.07 bits per heavy atom. The molecular formula is C22H23N3O4S. The topological polar surface area (TPSA) is 85.2 Å². The second-order valence-electron chi connectivity index (χ2n) is 6.23. The van der Waals surface area contributed by atoms with Crippen molar-refractivity contribution in [2.45, 2.75) is 6.92 Å². The number of allylic oxidation sites excluding steroid dienone is 1. The molecule has 3 aromatic rings. The van der Waals surface area contributed by atoms with Crippen LogP contribution in [0.25, 0.3) is 17.3 Å². The Bertz CT molecular complexity index is 1080. The van der Waals surface area contributed by atoms with Gasteiger partial charge in [-0.05, 0) is 48.9 Å². The van der Waals surface area contributed by atoms with Crippen molar-refractivity contribution >= 4 is 28.3 Å². The fourth-order valence-electron chi connectivity index (χ4n) is 2.64. The molecule has 30 heavy (non-hydrogen) atoms. The monoisotopic (exact) mass is 425 g/mol. The first-order valence-electron chi connectivity index (χ1n) is 9.07. The summed E-state index contributed by atoms with van der Waals surface area (Å²) in [5, 5.41) is 16.9. The van der Waals surface area contributed by atoms with Gasteiger partial charge in [-0.1, -0.05) is 12.1 Å². The van der Waals surface area contributed by atoms with Gasteiger partial charge >= 0.3 is 0 Å². The van der Waals surface area contributed by atoms with E-state index in [0.29, 0.717) is 33.6 Å². The van der Waals surface area contributed by atoms with E-state index in [1.807, 2.05) is 42.7 Å². The van der Waals surface area contributed by atoms with Crippen LogP contribution in [0.4, 0.5) is 5.13 Å². The molecular weight excluding hydrogens is 402 g/mol. The van der Waals surface area contributed by atoms with E-state index < -0.39 is 0 Å². The summed E-state index contributed by atoms with van der Waals surface area (Å²) in [6.07, 6.45) is 3.82. The molecule has 0 fully saturated rings. The number of hydrogen-bond acceptors (Lipinski definition) is 8. The molecule has 0 bridgehead atoms. The number of aromatic nitrogens is 1. The number of anilines is 1. The van der Waals surface area contributed by atoms with E-state index in [1.165, 1.54) is 11.3 Å². The number of aromatic hydroxyl groups is 1. The number of nitrogens with zero attached hydrogens (tertiary/aromatic N) is 2. The number of ether oxygens (including phenoxy) is 3. The number of phenolic OH excluding ortho intramolecular Hbond substituents is 1. The number of nitrogens with one attached hydrogen (secondary N) is 1. The van der Waals surface area contributed by atoms with Gasteiger partial charge in [0, 0.05) is 10.9 Å². The maximum Gasteiger partial charge on any atom is 0.203 e. The SMILES string of the molecule is COc1ccc(O)c(-c2csc(N/N=C(C)/C=C/c3ccc(OC)c(OC)c3)n2)c1. The average molecular weight is 426 g/mol. The predicted molar refractivity (Wildman–Crippen MR) is 121 cm³/mol. The smallest absolute Gasteiger partial charge is 0.203 e. The molecule has 156 valence electrons. The van der Waals surface area contributed by atoms with Crippen LogP contribution in [-0.2, 0) is 0 Å². The van der Waals surface area contributed by atoms with Gasteiger partial charge in [0.15, 0.2) is 11.5 Å². The van der Waals surface area contributed by atoms with Gasteiger partial charge in [0.1, 0.15) is 11.5 Å². The maximum absolute atomic E-state index is 10.1. The number of thiazole rings is 1. The highest BCUT2D eigenvalue weighted by Gasteiger charge is 2.10. The molecule has 0 saturated heterocycles. The Hall–Kier alpha value is -3.52. The van der Waals surface area contributed by atoms with E-state index in [4.69, 9.17) is 14.2 Å². The highest BCUT2D eigenvalue weighted by atomic mass is 32.1. The van der Waals surface area contributed by atoms with Gasteiger partial charge in [-0.2, -0.15) is 5.10 Å². The summed E-state index contributed by atoms with van der Waals surface area (Å²) in [5.74, 6) is 2.15. The van der Waals surface area contributed by atoms with Crippen molar-refractivity contribution in [2.75, 3.05) is 26.8 Å². The highest BCUT2D eigenvalue weighted by Crippen LogP contribution is 2.34. The van der Waals surface area contributed by atoms with Crippen molar-refractivity contribution in [3.8, 4) is 34.3 Å². The largest absolute Gasteiger partial charge is 0.507 e. The van der Waals surface area contributed by atoms with E-state index >= 15 is 0 Å². The van der Waals surface area contributed by atoms with Crippen LogP contribution in [0, 0.1) is 0 Å². The van der Waals surface area contributed by atoms with E-state index in [1.54, 1.807) is 39.5 Å². The van der Waals surface area contributed by atoms with E-state index in [2.05, 4.69) is 15.5 Å². The molecule has 3 rings (SSSR count). The number of phenols is 1. The molecule has 0 aliphatic rings. The van der Waals surface area contributed by atoms with Gasteiger partial charge in [0.05, 0.1) is 32.7 Å². The summed E-state index contributed by atoms with van der Waals surface area (Å²) in [4.78, 5) is 4.48. The lowest BCUT2D eigenvalue weighted by Crippen LogP contribution is -1.94. The second-order valence-corrected chi connectivity index (χ2v) is 7.09. The molecule has 0 radical (unpaired) electrons. The minimum atomic E-state index is 0.144. The molecule has 2 N–H and O–H groups in total. The molecule has 0 unspecified atom stereocenters. The molecule has 0 saturated carbocycles. The summed E-state index contributed by atoms with van der Waals surface area (Å²) in [5.41, 5.74) is 5.93. The van der Waals surface area contributed by atoms with Crippen LogP contribution in [0.2, 0.25) is 0 Å². The van der Waals surface area contributed by atoms with Crippen LogP contribution in [0.1, 0.15) is 12.5 Å². The molecule has 0 aliphatic carbocycles. The van der Waals surface area contributed by atoms with E-state index in [9.17, 15) is 5.11 Å². The lowest BCUT2D eigenvalue weighted by Gasteiger charge is -2.07. The number of hydrazone groups is 1. The molecule has 0 atom stereocenters. The normalized spacial score (nSPS) is 11.5. The van der Waals surface area contributed by atoms with Crippen molar-refractivity contribution in [3.63, 3.8) is 0 Å². The minimum absolute atomic E-state index is 0.144. The third-order valence-corrected chi connectivity index (χ3v) is 4.98. The fourth-order valence-corrected chi connectivity index (χ4v) is 3.29. The van der Waals surface area contributed by atoms with E-state index in [0.717, 1.165) is 11.3 Å². The van der Waals surface area contributed by atoms with Crippen molar-refractivity contribution in [1.82, 2.24) is 4.98 Å². The number of methoxy groups -OCH3 is 3. The van der Waals surface area contributed by atoms with Gasteiger partial charge in [-0.15, -0.1) is 11.3 Å². The maximum atomic E-state index is 10.1. The Morgan fingerprint density at radius 2 is 1.87 bits per heavy atom. The van der Waals surface area contributed by atoms with Crippen molar-refractivity contribution in [3.05, 3.63) is 53.4 Å². The first-order valence-corrected chi connectivity index (χ1v) is 9.95. The van der Waals surface area contributed by atoms with Crippen molar-refractivity contribution in [1.29, 1.82) is 0 Å². The van der Waals surface area contributed by atoms with E-state index in [-0.39, 0.29) is 5.75 Å². The Labute approximate surface area is 179 Å². The number of benzene rings is 2. The number of rotatable bonds is 8. The van der Waals surface area contributed by atoms with Gasteiger partial charge in [-0.3, -0.25) is 5.43 Å². The van der Waals surface area contributed by atoms with Gasteiger partial charge < -0.3 is 19.3 Å². The Balaban J connectivity index is 1.69.